The van der Waals surface area contributed by atoms with Crippen molar-refractivity contribution in [1.29, 1.82) is 0 Å². The van der Waals surface area contributed by atoms with Crippen LogP contribution in [0.2, 0.25) is 0 Å². The maximum absolute atomic E-state index is 13.5. The molecule has 0 aliphatic carbocycles. The van der Waals surface area contributed by atoms with E-state index >= 15 is 0 Å². The molecule has 0 spiro atoms. The molecule has 0 radical (unpaired) electrons. The topological polar surface area (TPSA) is 73.6 Å². The Morgan fingerprint density at radius 2 is 2.14 bits per heavy atom. The Hall–Kier alpha value is -2.76. The summed E-state index contributed by atoms with van der Waals surface area (Å²) in [6, 6.07) is 7.66. The molecule has 3 rings (SSSR count). The van der Waals surface area contributed by atoms with Gasteiger partial charge >= 0.3 is 0 Å². The summed E-state index contributed by atoms with van der Waals surface area (Å²) in [5, 5.41) is 2.66. The van der Waals surface area contributed by atoms with Gasteiger partial charge in [-0.2, -0.15) is 0 Å². The first-order valence-corrected chi connectivity index (χ1v) is 6.33. The summed E-state index contributed by atoms with van der Waals surface area (Å²) in [5.41, 5.74) is 7.23. The first-order chi connectivity index (χ1) is 10.0. The van der Waals surface area contributed by atoms with Crippen molar-refractivity contribution in [2.24, 2.45) is 0 Å². The molecular weight excluding hydrogens is 275 g/mol. The number of benzene rings is 2. The van der Waals surface area contributed by atoms with E-state index in [-0.39, 0.29) is 18.3 Å². The van der Waals surface area contributed by atoms with E-state index < -0.39 is 0 Å². The van der Waals surface area contributed by atoms with Crippen molar-refractivity contribution in [3.05, 3.63) is 41.7 Å². The molecule has 0 aromatic heterocycles. The fourth-order valence-electron chi connectivity index (χ4n) is 1.97. The second-order valence-corrected chi connectivity index (χ2v) is 4.74. The van der Waals surface area contributed by atoms with Gasteiger partial charge in [0.2, 0.25) is 0 Å². The van der Waals surface area contributed by atoms with Crippen LogP contribution in [0.25, 0.3) is 0 Å². The van der Waals surface area contributed by atoms with Crippen LogP contribution in [0, 0.1) is 12.7 Å². The lowest BCUT2D eigenvalue weighted by molar-refractivity contribution is -0.118. The van der Waals surface area contributed by atoms with E-state index in [1.165, 1.54) is 6.07 Å². The first-order valence-electron chi connectivity index (χ1n) is 6.33. The zero-order valence-corrected chi connectivity index (χ0v) is 11.3. The SMILES string of the molecule is Cc1ccc(Oc2cc3c(cc2N)OCC(=O)N3)cc1F. The average Bonchev–Trinajstić information content (AvgIpc) is 2.44. The molecule has 108 valence electrons. The minimum absolute atomic E-state index is 0.0458. The minimum Gasteiger partial charge on any atom is -0.481 e. The van der Waals surface area contributed by atoms with Crippen molar-refractivity contribution < 1.29 is 18.7 Å². The third-order valence-electron chi connectivity index (χ3n) is 3.12. The predicted molar refractivity (Wildman–Crippen MR) is 76.2 cm³/mol. The van der Waals surface area contributed by atoms with Crippen LogP contribution in [0.15, 0.2) is 30.3 Å². The monoisotopic (exact) mass is 288 g/mol. The van der Waals surface area contributed by atoms with Crippen molar-refractivity contribution in [2.75, 3.05) is 17.7 Å². The fourth-order valence-corrected chi connectivity index (χ4v) is 1.97. The number of hydrogen-bond acceptors (Lipinski definition) is 4. The van der Waals surface area contributed by atoms with Crippen molar-refractivity contribution in [1.82, 2.24) is 0 Å². The van der Waals surface area contributed by atoms with Crippen LogP contribution in [-0.4, -0.2) is 12.5 Å². The Labute approximate surface area is 120 Å². The molecule has 0 unspecified atom stereocenters. The van der Waals surface area contributed by atoms with E-state index in [9.17, 15) is 9.18 Å². The van der Waals surface area contributed by atoms with Crippen LogP contribution >= 0.6 is 0 Å². The number of anilines is 2. The Balaban J connectivity index is 1.93. The van der Waals surface area contributed by atoms with Gasteiger partial charge in [-0.25, -0.2) is 4.39 Å². The van der Waals surface area contributed by atoms with Crippen molar-refractivity contribution in [3.8, 4) is 17.2 Å². The number of nitrogens with one attached hydrogen (secondary N) is 1. The molecule has 3 N–H and O–H groups in total. The number of ether oxygens (including phenoxy) is 2. The summed E-state index contributed by atoms with van der Waals surface area (Å²) in [6.07, 6.45) is 0. The van der Waals surface area contributed by atoms with Gasteiger partial charge in [-0.3, -0.25) is 4.79 Å². The highest BCUT2D eigenvalue weighted by molar-refractivity contribution is 5.96. The molecule has 0 bridgehead atoms. The lowest BCUT2D eigenvalue weighted by Gasteiger charge is -2.20. The number of halogens is 1. The summed E-state index contributed by atoms with van der Waals surface area (Å²) in [7, 11) is 0. The van der Waals surface area contributed by atoms with Crippen LogP contribution in [0.1, 0.15) is 5.56 Å². The van der Waals surface area contributed by atoms with Gasteiger partial charge in [0.1, 0.15) is 17.3 Å². The molecule has 0 saturated heterocycles. The molecule has 5 nitrogen and oxygen atoms in total. The van der Waals surface area contributed by atoms with E-state index in [0.29, 0.717) is 34.2 Å². The molecule has 21 heavy (non-hydrogen) atoms. The van der Waals surface area contributed by atoms with Gasteiger partial charge in [0.15, 0.2) is 12.4 Å². The van der Waals surface area contributed by atoms with E-state index in [1.807, 2.05) is 0 Å². The largest absolute Gasteiger partial charge is 0.481 e. The standard InChI is InChI=1S/C15H13FN2O3/c1-8-2-3-9(4-10(8)16)21-13-6-12-14(5-11(13)17)20-7-15(19)18-12/h2-6H,7,17H2,1H3,(H,18,19). The van der Waals surface area contributed by atoms with Crippen LogP contribution in [-0.2, 0) is 4.79 Å². The molecule has 2 aromatic carbocycles. The van der Waals surface area contributed by atoms with Gasteiger partial charge in [-0.05, 0) is 18.6 Å². The smallest absolute Gasteiger partial charge is 0.262 e. The molecule has 1 heterocycles. The summed E-state index contributed by atoms with van der Waals surface area (Å²) in [5.74, 6) is 0.519. The number of fused-ring (bicyclic) bond motifs is 1. The molecule has 1 aliphatic heterocycles. The Morgan fingerprint density at radius 1 is 1.33 bits per heavy atom. The molecule has 1 aliphatic rings. The van der Waals surface area contributed by atoms with Crippen molar-refractivity contribution in [2.45, 2.75) is 6.92 Å². The van der Waals surface area contributed by atoms with Crippen LogP contribution in [0.3, 0.4) is 0 Å². The lowest BCUT2D eigenvalue weighted by atomic mass is 10.2. The Morgan fingerprint density at radius 3 is 2.90 bits per heavy atom. The highest BCUT2D eigenvalue weighted by Gasteiger charge is 2.18. The first kappa shape index (κ1) is 13.2. The zero-order chi connectivity index (χ0) is 15.0. The highest BCUT2D eigenvalue weighted by Crippen LogP contribution is 2.38. The van der Waals surface area contributed by atoms with Gasteiger partial charge in [0.05, 0.1) is 11.4 Å². The van der Waals surface area contributed by atoms with Crippen molar-refractivity contribution in [3.63, 3.8) is 0 Å². The summed E-state index contributed by atoms with van der Waals surface area (Å²) >= 11 is 0. The van der Waals surface area contributed by atoms with Gasteiger partial charge in [-0.1, -0.05) is 6.07 Å². The normalized spacial score (nSPS) is 13.1. The third kappa shape index (κ3) is 2.60. The molecule has 2 aromatic rings. The summed E-state index contributed by atoms with van der Waals surface area (Å²) in [4.78, 5) is 11.3. The predicted octanol–water partition coefficient (Wildman–Crippen LogP) is 2.84. The molecule has 0 atom stereocenters. The average molecular weight is 288 g/mol. The summed E-state index contributed by atoms with van der Waals surface area (Å²) in [6.45, 7) is 1.62. The van der Waals surface area contributed by atoms with Crippen LogP contribution < -0.4 is 20.5 Å². The van der Waals surface area contributed by atoms with Crippen LogP contribution in [0.5, 0.6) is 17.2 Å². The number of aryl methyl sites for hydroxylation is 1. The fraction of sp³-hybridized carbons (Fsp3) is 0.133. The molecule has 6 heteroatoms. The number of amides is 1. The summed E-state index contributed by atoms with van der Waals surface area (Å²) < 4.78 is 24.3. The second kappa shape index (κ2) is 4.97. The zero-order valence-electron chi connectivity index (χ0n) is 11.3. The van der Waals surface area contributed by atoms with E-state index in [1.54, 1.807) is 31.2 Å². The quantitative estimate of drug-likeness (QED) is 0.833. The number of nitrogen functional groups attached to an aromatic ring is 1. The van der Waals surface area contributed by atoms with E-state index in [0.717, 1.165) is 0 Å². The van der Waals surface area contributed by atoms with Crippen molar-refractivity contribution >= 4 is 17.3 Å². The van der Waals surface area contributed by atoms with Crippen LogP contribution in [0.4, 0.5) is 15.8 Å². The lowest BCUT2D eigenvalue weighted by Crippen LogP contribution is -2.25. The molecule has 1 amide bonds. The number of carbonyl (C=O) groups excluding carboxylic acids is 1. The molecule has 0 saturated carbocycles. The maximum atomic E-state index is 13.5. The maximum Gasteiger partial charge on any atom is 0.262 e. The third-order valence-corrected chi connectivity index (χ3v) is 3.12. The van der Waals surface area contributed by atoms with Gasteiger partial charge < -0.3 is 20.5 Å². The van der Waals surface area contributed by atoms with Gasteiger partial charge in [0.25, 0.3) is 5.91 Å². The Kier molecular flexibility index (Phi) is 3.13. The van der Waals surface area contributed by atoms with E-state index in [2.05, 4.69) is 5.32 Å². The van der Waals surface area contributed by atoms with E-state index in [4.69, 9.17) is 15.2 Å². The number of carbonyl (C=O) groups is 1. The number of nitrogens with two attached hydrogens (primary N) is 1. The molecular formula is C15H13FN2O3. The number of hydrogen-bond donors (Lipinski definition) is 2. The van der Waals surface area contributed by atoms with Gasteiger partial charge in [-0.15, -0.1) is 0 Å². The molecule has 0 fully saturated rings. The number of rotatable bonds is 2. The Bertz CT molecular complexity index is 731. The van der Waals surface area contributed by atoms with Gasteiger partial charge in [0, 0.05) is 18.2 Å². The second-order valence-electron chi connectivity index (χ2n) is 4.74. The highest BCUT2D eigenvalue weighted by atomic mass is 19.1. The minimum atomic E-state index is -0.360.